The molecule has 2 N–H and O–H groups in total. The average molecular weight is 539 g/mol. The lowest BCUT2D eigenvalue weighted by atomic mass is 9.77. The fourth-order valence-corrected chi connectivity index (χ4v) is 8.10. The fourth-order valence-electron chi connectivity index (χ4n) is 5.70. The Bertz CT molecular complexity index is 1170. The third-order valence-corrected chi connectivity index (χ3v) is 10.6. The molecule has 2 aliphatic carbocycles. The molecule has 0 amide bonds. The van der Waals surface area contributed by atoms with Crippen LogP contribution in [0.3, 0.4) is 0 Å². The van der Waals surface area contributed by atoms with Crippen molar-refractivity contribution in [3.05, 3.63) is 35.5 Å². The number of benzene rings is 1. The number of nitrogens with one attached hydrogen (secondary N) is 1. The number of nitrogens with zero attached hydrogens (tertiary/aromatic N) is 3. The summed E-state index contributed by atoms with van der Waals surface area (Å²) in [5.74, 6) is 2.13. The van der Waals surface area contributed by atoms with E-state index in [1.54, 1.807) is 24.3 Å². The lowest BCUT2D eigenvalue weighted by molar-refractivity contribution is -0.0328. The molecule has 4 aliphatic rings. The molecule has 11 heteroatoms. The second-order valence-electron chi connectivity index (χ2n) is 10.6. The Morgan fingerprint density at radius 2 is 1.81 bits per heavy atom. The summed E-state index contributed by atoms with van der Waals surface area (Å²) in [6.07, 6.45) is 6.47. The summed E-state index contributed by atoms with van der Waals surface area (Å²) in [7, 11) is -1.14. The van der Waals surface area contributed by atoms with E-state index < -0.39 is 21.8 Å². The first-order valence-electron chi connectivity index (χ1n) is 12.5. The van der Waals surface area contributed by atoms with Gasteiger partial charge in [-0.2, -0.15) is 18.2 Å². The van der Waals surface area contributed by atoms with Gasteiger partial charge in [-0.05, 0) is 80.3 Å². The molecule has 36 heavy (non-hydrogen) atoms. The number of alkyl halides is 3. The Morgan fingerprint density at radius 1 is 1.11 bits per heavy atom. The van der Waals surface area contributed by atoms with Gasteiger partial charge in [0.2, 0.25) is 5.95 Å². The number of halogens is 3. The van der Waals surface area contributed by atoms with Crippen LogP contribution in [0.1, 0.15) is 62.1 Å². The number of anilines is 2. The molecule has 0 unspecified atom stereocenters. The summed E-state index contributed by atoms with van der Waals surface area (Å²) in [6.45, 7) is 1.50. The Labute approximate surface area is 214 Å². The standard InChI is InChI=1S/C25H29F3N4O2S2/c26-25(27,28)35-18-4-2-16(3-5-18)17-6-12-32(13-7-17)22-29-20-19(36(34)15-23(20)10-11-23)21(30-22)31-24(14-33)8-1-9-24/h2-5,17,33H,1,6-15H2,(H,29,30,31)/t36-/m0/s1. The molecule has 1 saturated heterocycles. The van der Waals surface area contributed by atoms with Gasteiger partial charge < -0.3 is 15.3 Å². The molecule has 3 fully saturated rings. The lowest BCUT2D eigenvalue weighted by Gasteiger charge is -2.42. The number of aromatic nitrogens is 2. The summed E-state index contributed by atoms with van der Waals surface area (Å²) < 4.78 is 51.0. The second kappa shape index (κ2) is 8.87. The van der Waals surface area contributed by atoms with Gasteiger partial charge in [0.15, 0.2) is 0 Å². The van der Waals surface area contributed by atoms with E-state index in [9.17, 15) is 22.5 Å². The van der Waals surface area contributed by atoms with Crippen LogP contribution in [0.5, 0.6) is 0 Å². The van der Waals surface area contributed by atoms with Crippen molar-refractivity contribution in [3.8, 4) is 0 Å². The molecule has 0 radical (unpaired) electrons. The van der Waals surface area contributed by atoms with Gasteiger partial charge in [0.05, 0.1) is 28.6 Å². The van der Waals surface area contributed by atoms with Gasteiger partial charge in [0.25, 0.3) is 0 Å². The number of fused-ring (bicyclic) bond motifs is 2. The Kier molecular flexibility index (Phi) is 6.03. The zero-order chi connectivity index (χ0) is 25.1. The maximum absolute atomic E-state index is 13.1. The average Bonchev–Trinajstić information content (AvgIpc) is 3.54. The lowest BCUT2D eigenvalue weighted by Crippen LogP contribution is -2.49. The number of aliphatic hydroxyl groups is 1. The molecule has 1 spiro atoms. The van der Waals surface area contributed by atoms with Crippen LogP contribution >= 0.6 is 11.8 Å². The molecule has 0 bridgehead atoms. The van der Waals surface area contributed by atoms with E-state index in [1.165, 1.54) is 0 Å². The highest BCUT2D eigenvalue weighted by Gasteiger charge is 2.55. The van der Waals surface area contributed by atoms with E-state index in [-0.39, 0.29) is 34.6 Å². The van der Waals surface area contributed by atoms with Gasteiger partial charge in [-0.15, -0.1) is 0 Å². The van der Waals surface area contributed by atoms with Crippen LogP contribution in [0.4, 0.5) is 24.9 Å². The van der Waals surface area contributed by atoms with Crippen molar-refractivity contribution in [2.24, 2.45) is 0 Å². The molecule has 2 aromatic rings. The van der Waals surface area contributed by atoms with Crippen molar-refractivity contribution < 1.29 is 22.5 Å². The summed E-state index contributed by atoms with van der Waals surface area (Å²) in [4.78, 5) is 12.9. The molecular formula is C25H29F3N4O2S2. The molecule has 1 aromatic carbocycles. The minimum absolute atomic E-state index is 0.0184. The highest BCUT2D eigenvalue weighted by Crippen LogP contribution is 2.56. The molecule has 2 aliphatic heterocycles. The topological polar surface area (TPSA) is 78.4 Å². The highest BCUT2D eigenvalue weighted by molar-refractivity contribution is 8.00. The van der Waals surface area contributed by atoms with E-state index in [1.807, 2.05) is 0 Å². The Morgan fingerprint density at radius 3 is 2.36 bits per heavy atom. The van der Waals surface area contributed by atoms with Crippen LogP contribution in [-0.2, 0) is 16.2 Å². The maximum atomic E-state index is 13.1. The third kappa shape index (κ3) is 4.51. The SMILES string of the molecule is O=[S@]1CC2(CC2)c2nc(N3CCC(c4ccc(SC(F)(F)F)cc4)CC3)nc(NC3(CO)CCC3)c21. The smallest absolute Gasteiger partial charge is 0.394 e. The molecule has 1 aromatic heterocycles. The fraction of sp³-hybridized carbons (Fsp3) is 0.600. The highest BCUT2D eigenvalue weighted by atomic mass is 32.2. The van der Waals surface area contributed by atoms with Crippen LogP contribution in [-0.4, -0.2) is 55.8 Å². The van der Waals surface area contributed by atoms with Crippen LogP contribution in [0.25, 0.3) is 0 Å². The minimum atomic E-state index is -4.28. The normalized spacial score (nSPS) is 24.4. The van der Waals surface area contributed by atoms with Gasteiger partial charge in [-0.3, -0.25) is 4.21 Å². The van der Waals surface area contributed by atoms with Gasteiger partial charge in [0.1, 0.15) is 10.7 Å². The van der Waals surface area contributed by atoms with Crippen molar-refractivity contribution in [2.75, 3.05) is 35.7 Å². The van der Waals surface area contributed by atoms with E-state index in [4.69, 9.17) is 9.97 Å². The number of hydrogen-bond acceptors (Lipinski definition) is 7. The molecule has 1 atom stereocenters. The number of piperidine rings is 1. The first-order chi connectivity index (χ1) is 17.2. The van der Waals surface area contributed by atoms with Crippen LogP contribution in [0.15, 0.2) is 34.1 Å². The summed E-state index contributed by atoms with van der Waals surface area (Å²) >= 11 is -0.0872. The van der Waals surface area contributed by atoms with E-state index >= 15 is 0 Å². The zero-order valence-electron chi connectivity index (χ0n) is 19.8. The molecule has 2 saturated carbocycles. The third-order valence-electron chi connectivity index (χ3n) is 8.20. The summed E-state index contributed by atoms with van der Waals surface area (Å²) in [6, 6.07) is 6.71. The van der Waals surface area contributed by atoms with Crippen molar-refractivity contribution in [3.63, 3.8) is 0 Å². The number of aliphatic hydroxyl groups excluding tert-OH is 1. The summed E-state index contributed by atoms with van der Waals surface area (Å²) in [5, 5.41) is 13.5. The Hall–Kier alpha value is -1.85. The maximum Gasteiger partial charge on any atom is 0.446 e. The number of rotatable bonds is 6. The van der Waals surface area contributed by atoms with E-state index in [2.05, 4.69) is 10.2 Å². The minimum Gasteiger partial charge on any atom is -0.394 e. The van der Waals surface area contributed by atoms with E-state index in [0.717, 1.165) is 74.2 Å². The molecular weight excluding hydrogens is 509 g/mol. The van der Waals surface area contributed by atoms with Crippen molar-refractivity contribution in [2.45, 2.75) is 77.1 Å². The largest absolute Gasteiger partial charge is 0.446 e. The van der Waals surface area contributed by atoms with Crippen molar-refractivity contribution in [1.82, 2.24) is 9.97 Å². The second-order valence-corrected chi connectivity index (χ2v) is 13.1. The van der Waals surface area contributed by atoms with Crippen molar-refractivity contribution in [1.29, 1.82) is 0 Å². The quantitative estimate of drug-likeness (QED) is 0.504. The number of thioether (sulfide) groups is 1. The molecule has 194 valence electrons. The molecule has 3 heterocycles. The van der Waals surface area contributed by atoms with E-state index in [0.29, 0.717) is 17.5 Å². The van der Waals surface area contributed by atoms with Gasteiger partial charge in [-0.25, -0.2) is 4.98 Å². The molecule has 6 rings (SSSR count). The molecule has 6 nitrogen and oxygen atoms in total. The first-order valence-corrected chi connectivity index (χ1v) is 14.6. The predicted molar refractivity (Wildman–Crippen MR) is 134 cm³/mol. The zero-order valence-corrected chi connectivity index (χ0v) is 21.4. The summed E-state index contributed by atoms with van der Waals surface area (Å²) in [5.41, 5.74) is -2.79. The van der Waals surface area contributed by atoms with Crippen LogP contribution in [0, 0.1) is 0 Å². The predicted octanol–water partition coefficient (Wildman–Crippen LogP) is 4.95. The number of hydrogen-bond donors (Lipinski definition) is 2. The van der Waals surface area contributed by atoms with Gasteiger partial charge in [-0.1, -0.05) is 12.1 Å². The van der Waals surface area contributed by atoms with Crippen LogP contribution in [0.2, 0.25) is 0 Å². The van der Waals surface area contributed by atoms with Gasteiger partial charge in [0, 0.05) is 29.2 Å². The Balaban J connectivity index is 1.21. The van der Waals surface area contributed by atoms with Gasteiger partial charge >= 0.3 is 5.51 Å². The first kappa shape index (κ1) is 24.5. The van der Waals surface area contributed by atoms with Crippen molar-refractivity contribution >= 4 is 34.3 Å². The van der Waals surface area contributed by atoms with Crippen LogP contribution < -0.4 is 10.2 Å². The monoisotopic (exact) mass is 538 g/mol.